The number of hydrogen-bond acceptors (Lipinski definition) is 2. The first kappa shape index (κ1) is 18.3. The molecule has 1 atom stereocenters. The number of carbonyl (C=O) groups excluding carboxylic acids is 1. The Hall–Kier alpha value is -2.05. The van der Waals surface area contributed by atoms with Crippen LogP contribution in [0.3, 0.4) is 0 Å². The Balaban J connectivity index is 1.59. The normalized spacial score (nSPS) is 14.4. The van der Waals surface area contributed by atoms with Crippen LogP contribution >= 0.6 is 27.3 Å². The van der Waals surface area contributed by atoms with Crippen LogP contribution in [0.2, 0.25) is 0 Å². The molecule has 4 nitrogen and oxygen atoms in total. The summed E-state index contributed by atoms with van der Waals surface area (Å²) < 4.78 is 3.04. The van der Waals surface area contributed by atoms with Crippen molar-refractivity contribution in [3.8, 4) is 5.00 Å². The third-order valence-corrected chi connectivity index (χ3v) is 6.95. The zero-order chi connectivity index (χ0) is 18.8. The van der Waals surface area contributed by atoms with Crippen LogP contribution in [0, 0.1) is 0 Å². The SMILES string of the molecule is CC(NC(=O)Nc1ccccc1Br)c1c(-n2cccc2)sc2c1CCCC2. The van der Waals surface area contributed by atoms with Crippen LogP contribution in [-0.2, 0) is 12.8 Å². The van der Waals surface area contributed by atoms with Crippen LogP contribution < -0.4 is 10.6 Å². The molecule has 0 spiro atoms. The van der Waals surface area contributed by atoms with Crippen LogP contribution in [0.5, 0.6) is 0 Å². The monoisotopic (exact) mass is 443 g/mol. The molecular formula is C21H22BrN3OS. The smallest absolute Gasteiger partial charge is 0.319 e. The van der Waals surface area contributed by atoms with E-state index in [1.807, 2.05) is 47.7 Å². The van der Waals surface area contributed by atoms with Gasteiger partial charge in [0.1, 0.15) is 5.00 Å². The Labute approximate surface area is 171 Å². The summed E-state index contributed by atoms with van der Waals surface area (Å²) in [5.74, 6) is 0. The number of nitrogens with zero attached hydrogens (tertiary/aromatic N) is 1. The molecule has 0 fully saturated rings. The number of aryl methyl sites for hydroxylation is 1. The van der Waals surface area contributed by atoms with Gasteiger partial charge in [-0.1, -0.05) is 12.1 Å². The molecule has 1 aliphatic rings. The second-order valence-electron chi connectivity index (χ2n) is 6.82. The number of fused-ring (bicyclic) bond motifs is 1. The highest BCUT2D eigenvalue weighted by atomic mass is 79.9. The highest BCUT2D eigenvalue weighted by molar-refractivity contribution is 9.10. The van der Waals surface area contributed by atoms with Gasteiger partial charge in [-0.2, -0.15) is 0 Å². The molecule has 0 saturated carbocycles. The summed E-state index contributed by atoms with van der Waals surface area (Å²) >= 11 is 5.34. The maximum atomic E-state index is 12.6. The van der Waals surface area contributed by atoms with Gasteiger partial charge in [0.15, 0.2) is 0 Å². The van der Waals surface area contributed by atoms with Crippen LogP contribution in [-0.4, -0.2) is 10.6 Å². The summed E-state index contributed by atoms with van der Waals surface area (Å²) in [7, 11) is 0. The predicted octanol–water partition coefficient (Wildman–Crippen LogP) is 6.06. The van der Waals surface area contributed by atoms with Gasteiger partial charge in [-0.15, -0.1) is 11.3 Å². The van der Waals surface area contributed by atoms with Crippen LogP contribution in [0.25, 0.3) is 5.00 Å². The van der Waals surface area contributed by atoms with E-state index >= 15 is 0 Å². The van der Waals surface area contributed by atoms with Gasteiger partial charge in [0.05, 0.1) is 11.7 Å². The van der Waals surface area contributed by atoms with E-state index in [2.05, 4.69) is 50.4 Å². The summed E-state index contributed by atoms with van der Waals surface area (Å²) in [6.45, 7) is 2.07. The van der Waals surface area contributed by atoms with Crippen molar-refractivity contribution in [3.05, 3.63) is 69.3 Å². The van der Waals surface area contributed by atoms with E-state index in [1.54, 1.807) is 0 Å². The lowest BCUT2D eigenvalue weighted by Crippen LogP contribution is -2.32. The molecule has 6 heteroatoms. The number of rotatable bonds is 4. The lowest BCUT2D eigenvalue weighted by Gasteiger charge is -2.20. The van der Waals surface area contributed by atoms with Gasteiger partial charge in [0.2, 0.25) is 0 Å². The van der Waals surface area contributed by atoms with Gasteiger partial charge in [0, 0.05) is 27.3 Å². The topological polar surface area (TPSA) is 46.1 Å². The van der Waals surface area contributed by atoms with Crippen molar-refractivity contribution in [2.24, 2.45) is 0 Å². The average Bonchev–Trinajstić information content (AvgIpc) is 3.30. The minimum Gasteiger partial charge on any atom is -0.331 e. The van der Waals surface area contributed by atoms with Gasteiger partial charge >= 0.3 is 6.03 Å². The Kier molecular flexibility index (Phi) is 5.36. The summed E-state index contributed by atoms with van der Waals surface area (Å²) in [6, 6.07) is 11.5. The van der Waals surface area contributed by atoms with E-state index in [0.29, 0.717) is 0 Å². The van der Waals surface area contributed by atoms with Crippen molar-refractivity contribution >= 4 is 39.0 Å². The van der Waals surface area contributed by atoms with E-state index < -0.39 is 0 Å². The van der Waals surface area contributed by atoms with Crippen LogP contribution in [0.1, 0.15) is 41.8 Å². The van der Waals surface area contributed by atoms with Crippen molar-refractivity contribution in [1.82, 2.24) is 9.88 Å². The number of carbonyl (C=O) groups is 1. The second kappa shape index (κ2) is 7.90. The number of urea groups is 1. The van der Waals surface area contributed by atoms with Crippen LogP contribution in [0.15, 0.2) is 53.3 Å². The molecule has 2 aromatic heterocycles. The average molecular weight is 444 g/mol. The maximum absolute atomic E-state index is 12.6. The highest BCUT2D eigenvalue weighted by Gasteiger charge is 2.26. The molecule has 1 aromatic carbocycles. The minimum atomic E-state index is -0.191. The standard InChI is InChI=1S/C21H22BrN3OS/c1-14(23-21(26)24-17-10-4-3-9-16(17)22)19-15-8-2-5-11-18(15)27-20(19)25-12-6-7-13-25/h3-4,6-7,9-10,12-14H,2,5,8,11H2,1H3,(H2,23,24,26). The highest BCUT2D eigenvalue weighted by Crippen LogP contribution is 2.40. The van der Waals surface area contributed by atoms with Gasteiger partial charge < -0.3 is 15.2 Å². The summed E-state index contributed by atoms with van der Waals surface area (Å²) in [6.07, 6.45) is 8.87. The number of halogens is 1. The molecule has 0 aliphatic heterocycles. The molecule has 1 unspecified atom stereocenters. The number of anilines is 1. The molecule has 0 bridgehead atoms. The molecule has 0 radical (unpaired) electrons. The summed E-state index contributed by atoms with van der Waals surface area (Å²) in [4.78, 5) is 14.1. The molecule has 27 heavy (non-hydrogen) atoms. The number of aromatic nitrogens is 1. The van der Waals surface area contributed by atoms with E-state index in [1.165, 1.54) is 33.8 Å². The summed E-state index contributed by atoms with van der Waals surface area (Å²) in [5.41, 5.74) is 3.46. The maximum Gasteiger partial charge on any atom is 0.319 e. The lowest BCUT2D eigenvalue weighted by molar-refractivity contribution is 0.249. The molecule has 0 saturated heterocycles. The minimum absolute atomic E-state index is 0.0667. The fourth-order valence-corrected chi connectivity index (χ4v) is 5.51. The first-order valence-corrected chi connectivity index (χ1v) is 10.8. The van der Waals surface area contributed by atoms with Gasteiger partial charge in [-0.3, -0.25) is 0 Å². The Morgan fingerprint density at radius 2 is 1.89 bits per heavy atom. The van der Waals surface area contributed by atoms with Crippen molar-refractivity contribution < 1.29 is 4.79 Å². The third kappa shape index (κ3) is 3.82. The Morgan fingerprint density at radius 3 is 2.67 bits per heavy atom. The van der Waals surface area contributed by atoms with Crippen molar-refractivity contribution in [2.75, 3.05) is 5.32 Å². The fourth-order valence-electron chi connectivity index (χ4n) is 3.67. The molecule has 4 rings (SSSR count). The number of benzene rings is 1. The van der Waals surface area contributed by atoms with Crippen molar-refractivity contribution in [1.29, 1.82) is 0 Å². The Bertz CT molecular complexity index is 948. The zero-order valence-electron chi connectivity index (χ0n) is 15.2. The van der Waals surface area contributed by atoms with E-state index in [-0.39, 0.29) is 12.1 Å². The first-order chi connectivity index (χ1) is 13.1. The van der Waals surface area contributed by atoms with Gasteiger partial charge in [-0.05, 0) is 78.4 Å². The lowest BCUT2D eigenvalue weighted by atomic mass is 9.93. The van der Waals surface area contributed by atoms with Crippen molar-refractivity contribution in [3.63, 3.8) is 0 Å². The molecule has 1 aliphatic carbocycles. The fraction of sp³-hybridized carbons (Fsp3) is 0.286. The number of para-hydroxylation sites is 1. The number of nitrogens with one attached hydrogen (secondary N) is 2. The quantitative estimate of drug-likeness (QED) is 0.505. The molecule has 2 amide bonds. The van der Waals surface area contributed by atoms with E-state index in [9.17, 15) is 4.79 Å². The summed E-state index contributed by atoms with van der Waals surface area (Å²) in [5, 5.41) is 7.29. The first-order valence-electron chi connectivity index (χ1n) is 9.23. The van der Waals surface area contributed by atoms with Crippen LogP contribution in [0.4, 0.5) is 10.5 Å². The largest absolute Gasteiger partial charge is 0.331 e. The Morgan fingerprint density at radius 1 is 1.15 bits per heavy atom. The van der Waals surface area contributed by atoms with Gasteiger partial charge in [0.25, 0.3) is 0 Å². The van der Waals surface area contributed by atoms with E-state index in [4.69, 9.17) is 0 Å². The third-order valence-electron chi connectivity index (χ3n) is 4.93. The van der Waals surface area contributed by atoms with E-state index in [0.717, 1.165) is 23.0 Å². The number of hydrogen-bond donors (Lipinski definition) is 2. The second-order valence-corrected chi connectivity index (χ2v) is 8.76. The molecular weight excluding hydrogens is 422 g/mol. The number of amides is 2. The molecule has 2 heterocycles. The molecule has 140 valence electrons. The number of thiophene rings is 1. The zero-order valence-corrected chi connectivity index (χ0v) is 17.6. The molecule has 2 N–H and O–H groups in total. The van der Waals surface area contributed by atoms with Crippen molar-refractivity contribution in [2.45, 2.75) is 38.6 Å². The molecule has 3 aromatic rings. The predicted molar refractivity (Wildman–Crippen MR) is 115 cm³/mol. The van der Waals surface area contributed by atoms with Gasteiger partial charge in [-0.25, -0.2) is 4.79 Å².